The normalized spacial score (nSPS) is 26.4. The fourth-order valence-electron chi connectivity index (χ4n) is 4.84. The van der Waals surface area contributed by atoms with Crippen LogP contribution in [0.1, 0.15) is 51.0 Å². The second-order valence-corrected chi connectivity index (χ2v) is 8.77. The van der Waals surface area contributed by atoms with Crippen molar-refractivity contribution in [3.8, 4) is 0 Å². The van der Waals surface area contributed by atoms with Gasteiger partial charge in [-0.05, 0) is 49.6 Å². The largest absolute Gasteiger partial charge is 0.356 e. The molecule has 7 heteroatoms. The highest BCUT2D eigenvalue weighted by atomic mass is 127. The molecular weight excluding hydrogens is 463 g/mol. The molecule has 6 nitrogen and oxygen atoms in total. The molecule has 28 heavy (non-hydrogen) atoms. The zero-order valence-corrected chi connectivity index (χ0v) is 20.4. The number of aryl methyl sites for hydroxylation is 1. The van der Waals surface area contributed by atoms with Crippen molar-refractivity contribution < 1.29 is 0 Å². The third-order valence-electron chi connectivity index (χ3n) is 6.02. The Morgan fingerprint density at radius 1 is 1.21 bits per heavy atom. The first-order valence-electron chi connectivity index (χ1n) is 10.7. The Hall–Kier alpha value is -0.830. The quantitative estimate of drug-likeness (QED) is 0.281. The van der Waals surface area contributed by atoms with Gasteiger partial charge in [0, 0.05) is 58.9 Å². The van der Waals surface area contributed by atoms with Crippen LogP contribution >= 0.6 is 24.0 Å². The van der Waals surface area contributed by atoms with E-state index in [2.05, 4.69) is 45.3 Å². The number of guanidine groups is 1. The van der Waals surface area contributed by atoms with Crippen LogP contribution in [-0.4, -0.2) is 71.9 Å². The number of piperidine rings is 1. The molecule has 1 N–H and O–H groups in total. The number of aromatic nitrogens is 2. The van der Waals surface area contributed by atoms with Crippen LogP contribution in [0.25, 0.3) is 0 Å². The van der Waals surface area contributed by atoms with Crippen molar-refractivity contribution in [2.45, 2.75) is 45.4 Å². The predicted octanol–water partition coefficient (Wildman–Crippen LogP) is 3.16. The Bertz CT molecular complexity index is 606. The minimum Gasteiger partial charge on any atom is -0.356 e. The third kappa shape index (κ3) is 6.61. The number of aliphatic imine (C=N–C) groups is 1. The van der Waals surface area contributed by atoms with Gasteiger partial charge in [-0.15, -0.1) is 24.0 Å². The molecule has 0 saturated carbocycles. The molecule has 2 aliphatic rings. The van der Waals surface area contributed by atoms with E-state index < -0.39 is 0 Å². The smallest absolute Gasteiger partial charge is 0.193 e. The molecule has 0 aromatic carbocycles. The van der Waals surface area contributed by atoms with Gasteiger partial charge >= 0.3 is 0 Å². The average Bonchev–Trinajstić information content (AvgIpc) is 3.26. The van der Waals surface area contributed by atoms with E-state index in [1.807, 2.05) is 25.0 Å². The Balaban J connectivity index is 0.00000280. The van der Waals surface area contributed by atoms with Crippen molar-refractivity contribution in [1.29, 1.82) is 0 Å². The number of hydrogen-bond acceptors (Lipinski definition) is 3. The summed E-state index contributed by atoms with van der Waals surface area (Å²) in [4.78, 5) is 9.56. The van der Waals surface area contributed by atoms with Gasteiger partial charge in [0.1, 0.15) is 0 Å². The summed E-state index contributed by atoms with van der Waals surface area (Å²) >= 11 is 0. The summed E-state index contributed by atoms with van der Waals surface area (Å²) in [5.41, 5.74) is 1.35. The molecule has 3 unspecified atom stereocenters. The number of unbranched alkanes of at least 4 members (excludes halogenated alkanes) is 1. The van der Waals surface area contributed by atoms with Crippen LogP contribution in [0.5, 0.6) is 0 Å². The van der Waals surface area contributed by atoms with Gasteiger partial charge in [0.2, 0.25) is 0 Å². The molecule has 3 rings (SSSR count). The van der Waals surface area contributed by atoms with Gasteiger partial charge in [0.25, 0.3) is 0 Å². The lowest BCUT2D eigenvalue weighted by Gasteiger charge is -2.35. The van der Waals surface area contributed by atoms with Crippen LogP contribution in [0.15, 0.2) is 17.4 Å². The lowest BCUT2D eigenvalue weighted by atomic mass is 9.92. The van der Waals surface area contributed by atoms with Crippen molar-refractivity contribution in [2.75, 3.05) is 46.3 Å². The molecular formula is C21H39IN6. The second-order valence-electron chi connectivity index (χ2n) is 8.77. The first-order chi connectivity index (χ1) is 13.0. The number of rotatable bonds is 6. The highest BCUT2D eigenvalue weighted by Crippen LogP contribution is 2.26. The van der Waals surface area contributed by atoms with Crippen molar-refractivity contribution >= 4 is 29.9 Å². The van der Waals surface area contributed by atoms with Crippen LogP contribution in [0.2, 0.25) is 0 Å². The van der Waals surface area contributed by atoms with Gasteiger partial charge < -0.3 is 15.1 Å². The molecule has 0 bridgehead atoms. The SMILES string of the molecule is CN=C(NCCCCN1CC(C)CC(C)C1)N1CCC(c2cnn(C)c2)C1.I. The molecule has 2 saturated heterocycles. The maximum Gasteiger partial charge on any atom is 0.193 e. The first-order valence-corrected chi connectivity index (χ1v) is 10.7. The first kappa shape index (κ1) is 23.4. The molecule has 2 fully saturated rings. The van der Waals surface area contributed by atoms with E-state index in [1.165, 1.54) is 50.9 Å². The van der Waals surface area contributed by atoms with Gasteiger partial charge in [-0.3, -0.25) is 9.67 Å². The fraction of sp³-hybridized carbons (Fsp3) is 0.810. The zero-order valence-electron chi connectivity index (χ0n) is 18.1. The molecule has 3 heterocycles. The van der Waals surface area contributed by atoms with Crippen molar-refractivity contribution in [3.05, 3.63) is 18.0 Å². The van der Waals surface area contributed by atoms with E-state index in [-0.39, 0.29) is 24.0 Å². The molecule has 0 radical (unpaired) electrons. The van der Waals surface area contributed by atoms with E-state index in [9.17, 15) is 0 Å². The highest BCUT2D eigenvalue weighted by molar-refractivity contribution is 14.0. The second kappa shape index (κ2) is 11.4. The van der Waals surface area contributed by atoms with Gasteiger partial charge in [-0.1, -0.05) is 13.8 Å². The maximum atomic E-state index is 4.51. The summed E-state index contributed by atoms with van der Waals surface area (Å²) in [7, 11) is 3.89. The lowest BCUT2D eigenvalue weighted by Crippen LogP contribution is -2.41. The molecule has 160 valence electrons. The molecule has 0 amide bonds. The summed E-state index contributed by atoms with van der Waals surface area (Å²) < 4.78 is 1.90. The monoisotopic (exact) mass is 502 g/mol. The number of hydrogen-bond donors (Lipinski definition) is 1. The molecule has 0 spiro atoms. The number of halogens is 1. The summed E-state index contributed by atoms with van der Waals surface area (Å²) in [6.07, 6.45) is 9.20. The Labute approximate surface area is 188 Å². The topological polar surface area (TPSA) is 48.7 Å². The molecule has 1 aromatic heterocycles. The van der Waals surface area contributed by atoms with Crippen molar-refractivity contribution in [3.63, 3.8) is 0 Å². The van der Waals surface area contributed by atoms with E-state index in [0.717, 1.165) is 37.4 Å². The Morgan fingerprint density at radius 3 is 2.61 bits per heavy atom. The Morgan fingerprint density at radius 2 is 1.96 bits per heavy atom. The van der Waals surface area contributed by atoms with Gasteiger partial charge in [-0.25, -0.2) is 0 Å². The van der Waals surface area contributed by atoms with Crippen LogP contribution in [0, 0.1) is 11.8 Å². The summed E-state index contributed by atoms with van der Waals surface area (Å²) in [6.45, 7) is 11.7. The average molecular weight is 502 g/mol. The van der Waals surface area contributed by atoms with Crippen LogP contribution in [-0.2, 0) is 7.05 Å². The van der Waals surface area contributed by atoms with Gasteiger partial charge in [0.15, 0.2) is 5.96 Å². The van der Waals surface area contributed by atoms with Gasteiger partial charge in [0.05, 0.1) is 6.20 Å². The van der Waals surface area contributed by atoms with Crippen LogP contribution < -0.4 is 5.32 Å². The summed E-state index contributed by atoms with van der Waals surface area (Å²) in [5.74, 6) is 3.34. The molecule has 2 aliphatic heterocycles. The number of nitrogens with one attached hydrogen (secondary N) is 1. The number of likely N-dealkylation sites (tertiary alicyclic amines) is 2. The maximum absolute atomic E-state index is 4.51. The van der Waals surface area contributed by atoms with E-state index in [1.54, 1.807) is 0 Å². The van der Waals surface area contributed by atoms with E-state index in [0.29, 0.717) is 5.92 Å². The summed E-state index contributed by atoms with van der Waals surface area (Å²) in [5, 5.41) is 7.90. The Kier molecular flexibility index (Phi) is 9.53. The van der Waals surface area contributed by atoms with Crippen LogP contribution in [0.4, 0.5) is 0 Å². The lowest BCUT2D eigenvalue weighted by molar-refractivity contribution is 0.139. The van der Waals surface area contributed by atoms with E-state index >= 15 is 0 Å². The van der Waals surface area contributed by atoms with Crippen LogP contribution in [0.3, 0.4) is 0 Å². The third-order valence-corrected chi connectivity index (χ3v) is 6.02. The van der Waals surface area contributed by atoms with Gasteiger partial charge in [-0.2, -0.15) is 5.10 Å². The fourth-order valence-corrected chi connectivity index (χ4v) is 4.84. The predicted molar refractivity (Wildman–Crippen MR) is 128 cm³/mol. The van der Waals surface area contributed by atoms with Crippen molar-refractivity contribution in [2.24, 2.45) is 23.9 Å². The van der Waals surface area contributed by atoms with Crippen molar-refractivity contribution in [1.82, 2.24) is 24.9 Å². The molecule has 0 aliphatic carbocycles. The molecule has 3 atom stereocenters. The zero-order chi connectivity index (χ0) is 19.2. The minimum absolute atomic E-state index is 0. The minimum atomic E-state index is 0. The standard InChI is InChI=1S/C21H38N6.HI/c1-17-11-18(2)14-26(13-17)9-6-5-8-23-21(22-3)27-10-7-19(16-27)20-12-24-25(4)15-20;/h12,15,17-19H,5-11,13-14,16H2,1-4H3,(H,22,23);1H. The number of nitrogens with zero attached hydrogens (tertiary/aromatic N) is 5. The van der Waals surface area contributed by atoms with E-state index in [4.69, 9.17) is 0 Å². The molecule has 1 aromatic rings. The highest BCUT2D eigenvalue weighted by Gasteiger charge is 2.26. The summed E-state index contributed by atoms with van der Waals surface area (Å²) in [6, 6.07) is 0.